The van der Waals surface area contributed by atoms with Crippen LogP contribution in [0.5, 0.6) is 0 Å². The van der Waals surface area contributed by atoms with Gasteiger partial charge in [-0.3, -0.25) is 14.3 Å². The predicted octanol–water partition coefficient (Wildman–Crippen LogP) is 1.63. The molecule has 2 aliphatic rings. The van der Waals surface area contributed by atoms with Crippen LogP contribution in [0.25, 0.3) is 0 Å². The molecule has 0 aromatic carbocycles. The molecule has 0 radical (unpaired) electrons. The van der Waals surface area contributed by atoms with E-state index in [4.69, 9.17) is 0 Å². The van der Waals surface area contributed by atoms with Crippen molar-refractivity contribution in [2.45, 2.75) is 45.1 Å². The molecule has 7 nitrogen and oxygen atoms in total. The fourth-order valence-electron chi connectivity index (χ4n) is 4.39. The van der Waals surface area contributed by atoms with Crippen LogP contribution in [0, 0.1) is 5.41 Å². The second-order valence-electron chi connectivity index (χ2n) is 8.35. The maximum absolute atomic E-state index is 13.0. The summed E-state index contributed by atoms with van der Waals surface area (Å²) in [5.74, 6) is 0.457. The maximum atomic E-state index is 13.0. The summed E-state index contributed by atoms with van der Waals surface area (Å²) in [7, 11) is 4.08. The highest BCUT2D eigenvalue weighted by Crippen LogP contribution is 2.40. The lowest BCUT2D eigenvalue weighted by atomic mass is 9.72. The summed E-state index contributed by atoms with van der Waals surface area (Å²) in [5, 5.41) is 4.26. The first-order chi connectivity index (χ1) is 12.9. The first-order valence-electron chi connectivity index (χ1n) is 10.1. The minimum Gasteiger partial charge on any atom is -0.341 e. The third-order valence-electron chi connectivity index (χ3n) is 6.22. The number of likely N-dealkylation sites (N-methyl/N-ethyl adjacent to an activating group) is 1. The highest BCUT2D eigenvalue weighted by Gasteiger charge is 2.42. The molecule has 0 aliphatic carbocycles. The second kappa shape index (κ2) is 8.42. The van der Waals surface area contributed by atoms with Gasteiger partial charge in [0, 0.05) is 51.5 Å². The molecule has 27 heavy (non-hydrogen) atoms. The molecule has 1 spiro atoms. The Morgan fingerprint density at radius 2 is 2.04 bits per heavy atom. The van der Waals surface area contributed by atoms with Gasteiger partial charge in [-0.15, -0.1) is 0 Å². The molecule has 0 saturated carbocycles. The molecule has 2 saturated heterocycles. The number of carbonyl (C=O) groups excluding carboxylic acids is 2. The molecule has 0 unspecified atom stereocenters. The zero-order chi connectivity index (χ0) is 19.4. The Hall–Kier alpha value is -1.89. The van der Waals surface area contributed by atoms with E-state index in [0.29, 0.717) is 6.42 Å². The number of piperidine rings is 2. The number of hydrogen-bond acceptors (Lipinski definition) is 4. The van der Waals surface area contributed by atoms with Crippen molar-refractivity contribution in [1.82, 2.24) is 24.5 Å². The normalized spacial score (nSPS) is 21.1. The average molecular weight is 376 g/mol. The van der Waals surface area contributed by atoms with E-state index in [-0.39, 0.29) is 23.3 Å². The molecule has 7 heteroatoms. The van der Waals surface area contributed by atoms with Gasteiger partial charge in [-0.05, 0) is 51.3 Å². The van der Waals surface area contributed by atoms with Gasteiger partial charge in [0.15, 0.2) is 0 Å². The third-order valence-corrected chi connectivity index (χ3v) is 6.22. The third kappa shape index (κ3) is 4.51. The zero-order valence-electron chi connectivity index (χ0n) is 16.9. The van der Waals surface area contributed by atoms with Gasteiger partial charge < -0.3 is 14.7 Å². The number of hydrogen-bond donors (Lipinski definition) is 0. The molecular formula is C20H33N5O2. The molecule has 2 aliphatic heterocycles. The van der Waals surface area contributed by atoms with Gasteiger partial charge in [-0.25, -0.2) is 0 Å². The molecule has 1 aromatic heterocycles. The van der Waals surface area contributed by atoms with Crippen molar-refractivity contribution >= 4 is 11.8 Å². The van der Waals surface area contributed by atoms with E-state index >= 15 is 0 Å². The van der Waals surface area contributed by atoms with Gasteiger partial charge in [0.2, 0.25) is 11.8 Å². The molecular weight excluding hydrogens is 342 g/mol. The predicted molar refractivity (Wildman–Crippen MR) is 104 cm³/mol. The lowest BCUT2D eigenvalue weighted by Gasteiger charge is -2.48. The zero-order valence-corrected chi connectivity index (χ0v) is 16.9. The van der Waals surface area contributed by atoms with Crippen molar-refractivity contribution in [2.75, 3.05) is 46.8 Å². The number of carbonyl (C=O) groups is 2. The summed E-state index contributed by atoms with van der Waals surface area (Å²) in [5.41, 5.74) is 0.185. The van der Waals surface area contributed by atoms with Crippen molar-refractivity contribution in [3.63, 3.8) is 0 Å². The second-order valence-corrected chi connectivity index (χ2v) is 8.35. The fraction of sp³-hybridized carbons (Fsp3) is 0.750. The van der Waals surface area contributed by atoms with E-state index in [2.05, 4.69) is 10.00 Å². The number of aromatic nitrogens is 2. The fourth-order valence-corrected chi connectivity index (χ4v) is 4.39. The van der Waals surface area contributed by atoms with Crippen LogP contribution in [-0.2, 0) is 9.59 Å². The lowest BCUT2D eigenvalue weighted by Crippen LogP contribution is -2.54. The quantitative estimate of drug-likeness (QED) is 0.758. The van der Waals surface area contributed by atoms with Crippen LogP contribution in [0.3, 0.4) is 0 Å². The minimum atomic E-state index is -0.210. The van der Waals surface area contributed by atoms with Gasteiger partial charge in [-0.1, -0.05) is 6.92 Å². The Morgan fingerprint density at radius 1 is 1.30 bits per heavy atom. The Kier molecular flexibility index (Phi) is 6.19. The highest BCUT2D eigenvalue weighted by atomic mass is 16.2. The van der Waals surface area contributed by atoms with Crippen LogP contribution in [-0.4, -0.2) is 83.1 Å². The van der Waals surface area contributed by atoms with Gasteiger partial charge in [-0.2, -0.15) is 5.10 Å². The highest BCUT2D eigenvalue weighted by molar-refractivity contribution is 5.80. The molecule has 3 rings (SSSR count). The van der Waals surface area contributed by atoms with Crippen LogP contribution < -0.4 is 0 Å². The van der Waals surface area contributed by atoms with Gasteiger partial charge in [0.05, 0.1) is 0 Å². The minimum absolute atomic E-state index is 0.174. The van der Waals surface area contributed by atoms with E-state index in [1.807, 2.05) is 43.1 Å². The van der Waals surface area contributed by atoms with Crippen LogP contribution in [0.1, 0.15) is 45.1 Å². The molecule has 0 N–H and O–H groups in total. The van der Waals surface area contributed by atoms with E-state index < -0.39 is 0 Å². The first kappa shape index (κ1) is 19.9. The van der Waals surface area contributed by atoms with E-state index in [1.54, 1.807) is 10.9 Å². The van der Waals surface area contributed by atoms with Crippen molar-refractivity contribution in [2.24, 2.45) is 5.41 Å². The number of nitrogens with zero attached hydrogens (tertiary/aromatic N) is 5. The number of rotatable bonds is 6. The van der Waals surface area contributed by atoms with Gasteiger partial charge >= 0.3 is 0 Å². The van der Waals surface area contributed by atoms with E-state index in [1.165, 1.54) is 0 Å². The van der Waals surface area contributed by atoms with E-state index in [0.717, 1.165) is 58.4 Å². The standard InChI is InChI=1S/C20H33N5O2/c1-4-17(25-11-5-10-21-25)19(27)23-12-8-20(9-13-23)7-6-18(26)24(16-20)15-14-22(2)3/h5,10-11,17H,4,6-9,12-16H2,1-3H3/t17-/m0/s1. The van der Waals surface area contributed by atoms with Crippen LogP contribution in [0.2, 0.25) is 0 Å². The lowest BCUT2D eigenvalue weighted by molar-refractivity contribution is -0.144. The number of amides is 2. The topological polar surface area (TPSA) is 61.7 Å². The maximum Gasteiger partial charge on any atom is 0.247 e. The van der Waals surface area contributed by atoms with Crippen molar-refractivity contribution in [1.29, 1.82) is 0 Å². The number of likely N-dealkylation sites (tertiary alicyclic amines) is 2. The summed E-state index contributed by atoms with van der Waals surface area (Å²) < 4.78 is 1.77. The van der Waals surface area contributed by atoms with Gasteiger partial charge in [0.25, 0.3) is 0 Å². The van der Waals surface area contributed by atoms with Gasteiger partial charge in [0.1, 0.15) is 6.04 Å². The van der Waals surface area contributed by atoms with Crippen LogP contribution in [0.15, 0.2) is 18.5 Å². The van der Waals surface area contributed by atoms with Crippen molar-refractivity contribution < 1.29 is 9.59 Å². The summed E-state index contributed by atoms with van der Waals surface area (Å²) in [6.07, 6.45) is 7.92. The Balaban J connectivity index is 1.59. The van der Waals surface area contributed by atoms with Crippen molar-refractivity contribution in [3.8, 4) is 0 Å². The smallest absolute Gasteiger partial charge is 0.247 e. The summed E-state index contributed by atoms with van der Waals surface area (Å²) in [6.45, 7) is 6.14. The Bertz CT molecular complexity index is 635. The molecule has 3 heterocycles. The van der Waals surface area contributed by atoms with Crippen LogP contribution in [0.4, 0.5) is 0 Å². The molecule has 0 bridgehead atoms. The first-order valence-corrected chi connectivity index (χ1v) is 10.1. The Morgan fingerprint density at radius 3 is 2.63 bits per heavy atom. The average Bonchev–Trinajstić information content (AvgIpc) is 3.18. The summed E-state index contributed by atoms with van der Waals surface area (Å²) in [6, 6.07) is 1.65. The monoisotopic (exact) mass is 375 g/mol. The summed E-state index contributed by atoms with van der Waals surface area (Å²) in [4.78, 5) is 31.4. The summed E-state index contributed by atoms with van der Waals surface area (Å²) >= 11 is 0. The Labute approximate surface area is 162 Å². The molecule has 2 fully saturated rings. The molecule has 2 amide bonds. The SMILES string of the molecule is CC[C@@H](C(=O)N1CCC2(CCC(=O)N(CCN(C)C)C2)CC1)n1cccn1. The van der Waals surface area contributed by atoms with Crippen molar-refractivity contribution in [3.05, 3.63) is 18.5 Å². The molecule has 1 atom stereocenters. The molecule has 1 aromatic rings. The molecule has 150 valence electrons. The largest absolute Gasteiger partial charge is 0.341 e. The van der Waals surface area contributed by atoms with E-state index in [9.17, 15) is 9.59 Å². The van der Waals surface area contributed by atoms with Crippen LogP contribution >= 0.6 is 0 Å².